The highest BCUT2D eigenvalue weighted by Crippen LogP contribution is 2.27. The standard InChI is InChI=1S/C13H18Br2N2O/c1-3-13(4-2,8-14)9-17-12(18)11-10(15)6-5-7-16-11/h5-7H,3-4,8-9H2,1-2H3,(H,17,18). The third-order valence-electron chi connectivity index (χ3n) is 3.38. The highest BCUT2D eigenvalue weighted by molar-refractivity contribution is 9.10. The van der Waals surface area contributed by atoms with Crippen LogP contribution in [0, 0.1) is 5.41 Å². The lowest BCUT2D eigenvalue weighted by Gasteiger charge is -2.29. The van der Waals surface area contributed by atoms with Crippen molar-refractivity contribution in [2.45, 2.75) is 26.7 Å². The van der Waals surface area contributed by atoms with Crippen LogP contribution in [-0.2, 0) is 0 Å². The van der Waals surface area contributed by atoms with Gasteiger partial charge in [-0.15, -0.1) is 0 Å². The molecule has 0 bridgehead atoms. The van der Waals surface area contributed by atoms with E-state index in [9.17, 15) is 4.79 Å². The fourth-order valence-electron chi connectivity index (χ4n) is 1.64. The van der Waals surface area contributed by atoms with E-state index in [2.05, 4.69) is 56.0 Å². The average molecular weight is 378 g/mol. The first-order valence-electron chi connectivity index (χ1n) is 6.03. The van der Waals surface area contributed by atoms with Gasteiger partial charge < -0.3 is 5.32 Å². The van der Waals surface area contributed by atoms with Gasteiger partial charge in [0, 0.05) is 22.5 Å². The summed E-state index contributed by atoms with van der Waals surface area (Å²) in [5.74, 6) is -0.130. The van der Waals surface area contributed by atoms with Gasteiger partial charge in [0.05, 0.1) is 0 Å². The predicted molar refractivity (Wildman–Crippen MR) is 81.1 cm³/mol. The molecule has 0 aromatic carbocycles. The van der Waals surface area contributed by atoms with Crippen molar-refractivity contribution in [3.63, 3.8) is 0 Å². The number of alkyl halides is 1. The molecule has 0 saturated carbocycles. The summed E-state index contributed by atoms with van der Waals surface area (Å²) in [5.41, 5.74) is 0.560. The quantitative estimate of drug-likeness (QED) is 0.766. The molecule has 0 atom stereocenters. The van der Waals surface area contributed by atoms with Crippen molar-refractivity contribution in [3.8, 4) is 0 Å². The molecule has 0 saturated heterocycles. The average Bonchev–Trinajstić information content (AvgIpc) is 2.41. The molecular weight excluding hydrogens is 360 g/mol. The van der Waals surface area contributed by atoms with Crippen molar-refractivity contribution >= 4 is 37.8 Å². The Labute approximate surface area is 125 Å². The number of hydrogen-bond donors (Lipinski definition) is 1. The highest BCUT2D eigenvalue weighted by Gasteiger charge is 2.26. The number of nitrogens with zero attached hydrogens (tertiary/aromatic N) is 1. The second kappa shape index (κ2) is 7.24. The number of aromatic nitrogens is 1. The number of amides is 1. The van der Waals surface area contributed by atoms with Crippen molar-refractivity contribution in [1.82, 2.24) is 10.3 Å². The van der Waals surface area contributed by atoms with Crippen molar-refractivity contribution < 1.29 is 4.79 Å². The van der Waals surface area contributed by atoms with E-state index in [0.29, 0.717) is 12.2 Å². The van der Waals surface area contributed by atoms with Gasteiger partial charge in [0.25, 0.3) is 5.91 Å². The lowest BCUT2D eigenvalue weighted by Crippen LogP contribution is -2.38. The minimum absolute atomic E-state index is 0.122. The summed E-state index contributed by atoms with van der Waals surface area (Å²) in [6.45, 7) is 4.95. The molecule has 1 aromatic heterocycles. The molecule has 5 heteroatoms. The van der Waals surface area contributed by atoms with Gasteiger partial charge in [-0.3, -0.25) is 4.79 Å². The highest BCUT2D eigenvalue weighted by atomic mass is 79.9. The van der Waals surface area contributed by atoms with Crippen LogP contribution in [0.4, 0.5) is 0 Å². The SMILES string of the molecule is CCC(CC)(CBr)CNC(=O)c1ncccc1Br. The number of halogens is 2. The molecule has 1 rings (SSSR count). The maximum Gasteiger partial charge on any atom is 0.271 e. The van der Waals surface area contributed by atoms with Crippen LogP contribution in [0.5, 0.6) is 0 Å². The number of rotatable bonds is 6. The summed E-state index contributed by atoms with van der Waals surface area (Å²) in [6, 6.07) is 3.61. The zero-order valence-corrected chi connectivity index (χ0v) is 13.8. The minimum atomic E-state index is -0.130. The Bertz CT molecular complexity index is 397. The largest absolute Gasteiger partial charge is 0.350 e. The molecule has 0 radical (unpaired) electrons. The van der Waals surface area contributed by atoms with Crippen molar-refractivity contribution in [3.05, 3.63) is 28.5 Å². The number of carbonyl (C=O) groups is 1. The predicted octanol–water partition coefficient (Wildman–Crippen LogP) is 3.78. The number of pyridine rings is 1. The number of carbonyl (C=O) groups excluding carboxylic acids is 1. The summed E-state index contributed by atoms with van der Waals surface area (Å²) in [7, 11) is 0. The Hall–Kier alpha value is -0.420. The molecule has 0 aliphatic heterocycles. The number of nitrogens with one attached hydrogen (secondary N) is 1. The van der Waals surface area contributed by atoms with Crippen LogP contribution >= 0.6 is 31.9 Å². The van der Waals surface area contributed by atoms with Gasteiger partial charge in [0.15, 0.2) is 0 Å². The topological polar surface area (TPSA) is 42.0 Å². The molecule has 1 aromatic rings. The Morgan fingerprint density at radius 1 is 1.44 bits per heavy atom. The molecule has 0 spiro atoms. The van der Waals surface area contributed by atoms with E-state index in [1.807, 2.05) is 6.07 Å². The summed E-state index contributed by atoms with van der Waals surface area (Å²) < 4.78 is 0.722. The second-order valence-corrected chi connectivity index (χ2v) is 5.77. The van der Waals surface area contributed by atoms with Gasteiger partial charge in [-0.05, 0) is 46.3 Å². The van der Waals surface area contributed by atoms with Crippen molar-refractivity contribution in [2.24, 2.45) is 5.41 Å². The van der Waals surface area contributed by atoms with Gasteiger partial charge in [-0.25, -0.2) is 4.98 Å². The van der Waals surface area contributed by atoms with Crippen LogP contribution in [0.25, 0.3) is 0 Å². The second-order valence-electron chi connectivity index (χ2n) is 4.36. The van der Waals surface area contributed by atoms with E-state index in [1.54, 1.807) is 12.3 Å². The van der Waals surface area contributed by atoms with Crippen LogP contribution in [0.2, 0.25) is 0 Å². The zero-order chi connectivity index (χ0) is 13.6. The molecule has 100 valence electrons. The Kier molecular flexibility index (Phi) is 6.29. The molecule has 0 aliphatic rings. The third kappa shape index (κ3) is 3.79. The van der Waals surface area contributed by atoms with Gasteiger partial charge in [-0.1, -0.05) is 29.8 Å². The summed E-state index contributed by atoms with van der Waals surface area (Å²) in [6.07, 6.45) is 3.67. The molecule has 0 aliphatic carbocycles. The summed E-state index contributed by atoms with van der Waals surface area (Å²) in [4.78, 5) is 16.1. The maximum absolute atomic E-state index is 12.0. The first kappa shape index (κ1) is 15.6. The normalized spacial score (nSPS) is 11.3. The molecule has 1 amide bonds. The molecule has 1 heterocycles. The molecular formula is C13H18Br2N2O. The van der Waals surface area contributed by atoms with Crippen LogP contribution in [0.1, 0.15) is 37.2 Å². The van der Waals surface area contributed by atoms with E-state index in [0.717, 1.165) is 22.6 Å². The van der Waals surface area contributed by atoms with Crippen LogP contribution < -0.4 is 5.32 Å². The van der Waals surface area contributed by atoms with E-state index in [4.69, 9.17) is 0 Å². The van der Waals surface area contributed by atoms with Crippen LogP contribution in [0.3, 0.4) is 0 Å². The van der Waals surface area contributed by atoms with Crippen LogP contribution in [-0.4, -0.2) is 22.8 Å². The third-order valence-corrected chi connectivity index (χ3v) is 5.21. The maximum atomic E-state index is 12.0. The zero-order valence-electron chi connectivity index (χ0n) is 10.7. The smallest absolute Gasteiger partial charge is 0.271 e. The first-order chi connectivity index (χ1) is 8.58. The van der Waals surface area contributed by atoms with Gasteiger partial charge in [0.1, 0.15) is 5.69 Å². The minimum Gasteiger partial charge on any atom is -0.350 e. The van der Waals surface area contributed by atoms with Gasteiger partial charge >= 0.3 is 0 Å². The lowest BCUT2D eigenvalue weighted by molar-refractivity contribution is 0.0926. The number of hydrogen-bond acceptors (Lipinski definition) is 2. The van der Waals surface area contributed by atoms with Gasteiger partial charge in [-0.2, -0.15) is 0 Å². The monoisotopic (exact) mass is 376 g/mol. The Morgan fingerprint density at radius 2 is 2.11 bits per heavy atom. The fraction of sp³-hybridized carbons (Fsp3) is 0.538. The van der Waals surface area contributed by atoms with E-state index < -0.39 is 0 Å². The van der Waals surface area contributed by atoms with E-state index in [-0.39, 0.29) is 11.3 Å². The summed E-state index contributed by atoms with van der Waals surface area (Å²) in [5, 5.41) is 3.86. The van der Waals surface area contributed by atoms with Crippen molar-refractivity contribution in [1.29, 1.82) is 0 Å². The fourth-order valence-corrected chi connectivity index (χ4v) is 3.07. The van der Waals surface area contributed by atoms with E-state index >= 15 is 0 Å². The van der Waals surface area contributed by atoms with E-state index in [1.165, 1.54) is 0 Å². The Balaban J connectivity index is 2.69. The lowest BCUT2D eigenvalue weighted by atomic mass is 9.84. The Morgan fingerprint density at radius 3 is 2.61 bits per heavy atom. The summed E-state index contributed by atoms with van der Waals surface area (Å²) >= 11 is 6.87. The van der Waals surface area contributed by atoms with Crippen LogP contribution in [0.15, 0.2) is 22.8 Å². The molecule has 1 N–H and O–H groups in total. The van der Waals surface area contributed by atoms with Crippen molar-refractivity contribution in [2.75, 3.05) is 11.9 Å². The molecule has 18 heavy (non-hydrogen) atoms. The molecule has 3 nitrogen and oxygen atoms in total. The van der Waals surface area contributed by atoms with Gasteiger partial charge in [0.2, 0.25) is 0 Å². The first-order valence-corrected chi connectivity index (χ1v) is 7.94. The molecule has 0 fully saturated rings. The molecule has 0 unspecified atom stereocenters.